The maximum absolute atomic E-state index is 6.00. The van der Waals surface area contributed by atoms with E-state index in [2.05, 4.69) is 45.0 Å². The standard InChI is InChI=1S/C14H21N/c1-4-11-7-5-6-8-12(11)14(10-15)9-13(14,2)3/h5-8H,4,9-10,15H2,1-3H3. The second kappa shape index (κ2) is 3.34. The Balaban J connectivity index is 2.46. The molecule has 0 spiro atoms. The van der Waals surface area contributed by atoms with E-state index in [0.717, 1.165) is 13.0 Å². The number of aryl methyl sites for hydroxylation is 1. The van der Waals surface area contributed by atoms with Gasteiger partial charge in [-0.15, -0.1) is 0 Å². The Morgan fingerprint density at radius 2 is 1.87 bits per heavy atom. The number of hydrogen-bond acceptors (Lipinski definition) is 1. The lowest BCUT2D eigenvalue weighted by Gasteiger charge is -2.22. The van der Waals surface area contributed by atoms with Crippen LogP contribution < -0.4 is 5.73 Å². The molecule has 0 saturated heterocycles. The highest BCUT2D eigenvalue weighted by Gasteiger charge is 2.61. The van der Waals surface area contributed by atoms with Crippen LogP contribution in [-0.4, -0.2) is 6.54 Å². The van der Waals surface area contributed by atoms with Gasteiger partial charge in [0.15, 0.2) is 0 Å². The van der Waals surface area contributed by atoms with Gasteiger partial charge >= 0.3 is 0 Å². The Kier molecular flexibility index (Phi) is 2.38. The lowest BCUT2D eigenvalue weighted by Crippen LogP contribution is -2.26. The molecule has 1 aromatic carbocycles. The maximum Gasteiger partial charge on any atom is 0.0135 e. The minimum atomic E-state index is 0.250. The molecule has 0 bridgehead atoms. The molecular weight excluding hydrogens is 182 g/mol. The largest absolute Gasteiger partial charge is 0.330 e. The number of hydrogen-bond donors (Lipinski definition) is 1. The second-order valence-electron chi connectivity index (χ2n) is 5.36. The SMILES string of the molecule is CCc1ccccc1C1(CN)CC1(C)C. The summed E-state index contributed by atoms with van der Waals surface area (Å²) in [5, 5.41) is 0. The molecule has 1 aliphatic rings. The van der Waals surface area contributed by atoms with Gasteiger partial charge in [0.2, 0.25) is 0 Å². The lowest BCUT2D eigenvalue weighted by atomic mass is 9.84. The van der Waals surface area contributed by atoms with Crippen molar-refractivity contribution in [2.75, 3.05) is 6.54 Å². The van der Waals surface area contributed by atoms with Crippen molar-refractivity contribution in [2.45, 2.75) is 39.0 Å². The molecule has 0 aromatic heterocycles. The van der Waals surface area contributed by atoms with Gasteiger partial charge < -0.3 is 5.73 Å². The Morgan fingerprint density at radius 1 is 1.27 bits per heavy atom. The summed E-state index contributed by atoms with van der Waals surface area (Å²) in [7, 11) is 0. The molecule has 1 heteroatoms. The summed E-state index contributed by atoms with van der Waals surface area (Å²) in [5.74, 6) is 0. The van der Waals surface area contributed by atoms with E-state index in [9.17, 15) is 0 Å². The van der Waals surface area contributed by atoms with Gasteiger partial charge in [0.05, 0.1) is 0 Å². The molecule has 0 aliphatic heterocycles. The average Bonchev–Trinajstić information content (AvgIpc) is 2.82. The van der Waals surface area contributed by atoms with Crippen LogP contribution >= 0.6 is 0 Å². The van der Waals surface area contributed by atoms with Gasteiger partial charge in [-0.3, -0.25) is 0 Å². The van der Waals surface area contributed by atoms with E-state index in [1.807, 2.05) is 0 Å². The zero-order chi connectivity index (χ0) is 11.1. The van der Waals surface area contributed by atoms with E-state index < -0.39 is 0 Å². The van der Waals surface area contributed by atoms with Crippen molar-refractivity contribution >= 4 is 0 Å². The minimum Gasteiger partial charge on any atom is -0.330 e. The van der Waals surface area contributed by atoms with Gasteiger partial charge in [-0.05, 0) is 29.4 Å². The van der Waals surface area contributed by atoms with Crippen LogP contribution in [0, 0.1) is 5.41 Å². The molecule has 1 atom stereocenters. The Labute approximate surface area is 92.7 Å². The van der Waals surface area contributed by atoms with Crippen LogP contribution in [0.2, 0.25) is 0 Å². The summed E-state index contributed by atoms with van der Waals surface area (Å²) in [5.41, 5.74) is 9.58. The second-order valence-corrected chi connectivity index (χ2v) is 5.36. The predicted molar refractivity (Wildman–Crippen MR) is 65.0 cm³/mol. The fraction of sp³-hybridized carbons (Fsp3) is 0.571. The third-order valence-corrected chi connectivity index (χ3v) is 4.18. The Hall–Kier alpha value is -0.820. The lowest BCUT2D eigenvalue weighted by molar-refractivity contribution is 0.500. The molecule has 0 heterocycles. The molecule has 1 aliphatic carbocycles. The zero-order valence-corrected chi connectivity index (χ0v) is 10.0. The van der Waals surface area contributed by atoms with Crippen LogP contribution in [0.4, 0.5) is 0 Å². The van der Waals surface area contributed by atoms with Crippen LogP contribution in [0.3, 0.4) is 0 Å². The quantitative estimate of drug-likeness (QED) is 0.803. The van der Waals surface area contributed by atoms with E-state index in [0.29, 0.717) is 5.41 Å². The van der Waals surface area contributed by atoms with Crippen molar-refractivity contribution in [3.05, 3.63) is 35.4 Å². The molecule has 1 unspecified atom stereocenters. The minimum absolute atomic E-state index is 0.250. The van der Waals surface area contributed by atoms with Gasteiger partial charge in [-0.1, -0.05) is 45.0 Å². The first-order valence-electron chi connectivity index (χ1n) is 5.86. The highest BCUT2D eigenvalue weighted by molar-refractivity contribution is 5.43. The summed E-state index contributed by atoms with van der Waals surface area (Å²) in [6.07, 6.45) is 2.33. The normalized spacial score (nSPS) is 27.7. The molecule has 1 aromatic rings. The number of nitrogens with two attached hydrogens (primary N) is 1. The highest BCUT2D eigenvalue weighted by atomic mass is 14.7. The first-order chi connectivity index (χ1) is 7.07. The van der Waals surface area contributed by atoms with Crippen molar-refractivity contribution in [3.63, 3.8) is 0 Å². The molecule has 0 amide bonds. The third-order valence-electron chi connectivity index (χ3n) is 4.18. The van der Waals surface area contributed by atoms with E-state index in [1.54, 1.807) is 0 Å². The molecular formula is C14H21N. The topological polar surface area (TPSA) is 26.0 Å². The van der Waals surface area contributed by atoms with Gasteiger partial charge in [0, 0.05) is 12.0 Å². The molecule has 2 rings (SSSR count). The van der Waals surface area contributed by atoms with Gasteiger partial charge in [0.25, 0.3) is 0 Å². The van der Waals surface area contributed by atoms with Gasteiger partial charge in [0.1, 0.15) is 0 Å². The summed E-state index contributed by atoms with van der Waals surface area (Å²) < 4.78 is 0. The fourth-order valence-electron chi connectivity index (χ4n) is 2.92. The van der Waals surface area contributed by atoms with Crippen LogP contribution in [0.15, 0.2) is 24.3 Å². The van der Waals surface area contributed by atoms with E-state index in [-0.39, 0.29) is 5.41 Å². The molecule has 82 valence electrons. The average molecular weight is 203 g/mol. The van der Waals surface area contributed by atoms with Gasteiger partial charge in [-0.2, -0.15) is 0 Å². The predicted octanol–water partition coefficient (Wildman–Crippen LogP) is 2.88. The van der Waals surface area contributed by atoms with Crippen molar-refractivity contribution in [1.29, 1.82) is 0 Å². The zero-order valence-electron chi connectivity index (χ0n) is 10.0. The summed E-state index contributed by atoms with van der Waals surface area (Å²) in [6.45, 7) is 7.65. The molecule has 1 nitrogen and oxygen atoms in total. The third kappa shape index (κ3) is 1.41. The first-order valence-corrected chi connectivity index (χ1v) is 5.86. The van der Waals surface area contributed by atoms with E-state index in [1.165, 1.54) is 17.5 Å². The summed E-state index contributed by atoms with van der Waals surface area (Å²) >= 11 is 0. The molecule has 0 radical (unpaired) electrons. The molecule has 2 N–H and O–H groups in total. The van der Waals surface area contributed by atoms with Crippen molar-refractivity contribution in [2.24, 2.45) is 11.1 Å². The van der Waals surface area contributed by atoms with Crippen LogP contribution in [0.1, 0.15) is 38.3 Å². The van der Waals surface area contributed by atoms with Crippen LogP contribution in [-0.2, 0) is 11.8 Å². The first kappa shape index (κ1) is 10.7. The number of rotatable bonds is 3. The van der Waals surface area contributed by atoms with Crippen molar-refractivity contribution in [1.82, 2.24) is 0 Å². The van der Waals surface area contributed by atoms with Crippen LogP contribution in [0.5, 0.6) is 0 Å². The molecule has 1 saturated carbocycles. The van der Waals surface area contributed by atoms with E-state index in [4.69, 9.17) is 5.73 Å². The van der Waals surface area contributed by atoms with Crippen LogP contribution in [0.25, 0.3) is 0 Å². The van der Waals surface area contributed by atoms with Crippen molar-refractivity contribution < 1.29 is 0 Å². The van der Waals surface area contributed by atoms with E-state index >= 15 is 0 Å². The Morgan fingerprint density at radius 3 is 2.33 bits per heavy atom. The number of benzene rings is 1. The molecule has 15 heavy (non-hydrogen) atoms. The smallest absolute Gasteiger partial charge is 0.0135 e. The van der Waals surface area contributed by atoms with Gasteiger partial charge in [-0.25, -0.2) is 0 Å². The Bertz CT molecular complexity index is 367. The summed E-state index contributed by atoms with van der Waals surface area (Å²) in [6, 6.07) is 8.77. The highest BCUT2D eigenvalue weighted by Crippen LogP contribution is 2.64. The summed E-state index contributed by atoms with van der Waals surface area (Å²) in [4.78, 5) is 0. The molecule has 1 fully saturated rings. The van der Waals surface area contributed by atoms with Crippen molar-refractivity contribution in [3.8, 4) is 0 Å². The fourth-order valence-corrected chi connectivity index (χ4v) is 2.92. The maximum atomic E-state index is 6.00. The monoisotopic (exact) mass is 203 g/mol.